The summed E-state index contributed by atoms with van der Waals surface area (Å²) in [5.41, 5.74) is 1.92. The lowest BCUT2D eigenvalue weighted by molar-refractivity contribution is -0.137. The molecular formula is C33H30BF3N8S2. The number of nitrogens with zero attached hydrogens (tertiary/aromatic N) is 7. The maximum Gasteiger partial charge on any atom is 0.417 e. The predicted octanol–water partition coefficient (Wildman–Crippen LogP) is 5.76. The molecule has 0 atom stereocenters. The highest BCUT2D eigenvalue weighted by Gasteiger charge is 2.58. The van der Waals surface area contributed by atoms with E-state index in [-0.39, 0.29) is 10.8 Å². The van der Waals surface area contributed by atoms with Gasteiger partial charge in [-0.15, -0.1) is 0 Å². The molecule has 8 nitrogen and oxygen atoms in total. The Hall–Kier alpha value is -4.50. The zero-order valence-corrected chi connectivity index (χ0v) is 27.4. The Bertz CT molecular complexity index is 1850. The summed E-state index contributed by atoms with van der Waals surface area (Å²) < 4.78 is 41.0. The van der Waals surface area contributed by atoms with E-state index in [9.17, 15) is 23.7 Å². The molecule has 0 amide bonds. The number of benzene rings is 3. The number of rotatable bonds is 4. The van der Waals surface area contributed by atoms with E-state index in [1.165, 1.54) is 6.07 Å². The van der Waals surface area contributed by atoms with Crippen LogP contribution in [-0.4, -0.2) is 60.6 Å². The SMILES string of the molecule is BN1CCN(c2ccc(N3C(=S)N(c4ccc(C#N)c(C)c4)/C(=N/C(=S)Nc4ccc(C#N)c(C(F)(F)F)c4)C34CCC4)cc2)CC1. The molecule has 2 saturated heterocycles. The van der Waals surface area contributed by atoms with Gasteiger partial charge in [0.2, 0.25) is 0 Å². The number of aryl methyl sites for hydroxylation is 1. The first kappa shape index (κ1) is 32.4. The van der Waals surface area contributed by atoms with Crippen molar-refractivity contribution in [3.8, 4) is 12.1 Å². The van der Waals surface area contributed by atoms with E-state index >= 15 is 0 Å². The van der Waals surface area contributed by atoms with Crippen LogP contribution in [0.15, 0.2) is 65.7 Å². The first-order valence-corrected chi connectivity index (χ1v) is 16.0. The number of nitriles is 2. The zero-order valence-electron chi connectivity index (χ0n) is 25.8. The van der Waals surface area contributed by atoms with Crippen LogP contribution in [0.3, 0.4) is 0 Å². The molecule has 0 aromatic heterocycles. The van der Waals surface area contributed by atoms with Crippen molar-refractivity contribution in [2.24, 2.45) is 4.99 Å². The Kier molecular flexibility index (Phi) is 8.70. The van der Waals surface area contributed by atoms with Gasteiger partial charge in [0.1, 0.15) is 11.4 Å². The van der Waals surface area contributed by atoms with Crippen molar-refractivity contribution in [3.63, 3.8) is 0 Å². The van der Waals surface area contributed by atoms with Crippen LogP contribution >= 0.6 is 24.4 Å². The first-order valence-electron chi connectivity index (χ1n) is 15.2. The highest BCUT2D eigenvalue weighted by Crippen LogP contribution is 2.49. The third-order valence-electron chi connectivity index (χ3n) is 9.09. The number of alkyl halides is 3. The number of nitrogens with one attached hydrogen (secondary N) is 1. The first-order chi connectivity index (χ1) is 22.4. The van der Waals surface area contributed by atoms with Crippen molar-refractivity contribution < 1.29 is 13.2 Å². The summed E-state index contributed by atoms with van der Waals surface area (Å²) in [5, 5.41) is 22.0. The zero-order chi connectivity index (χ0) is 33.5. The molecule has 3 aliphatic rings. The number of anilines is 4. The van der Waals surface area contributed by atoms with Gasteiger partial charge in [0, 0.05) is 48.9 Å². The summed E-state index contributed by atoms with van der Waals surface area (Å²) in [6.45, 7) is 5.72. The topological polar surface area (TPSA) is 84.9 Å². The maximum atomic E-state index is 13.7. The molecule has 0 radical (unpaired) electrons. The molecule has 1 saturated carbocycles. The number of hydrogen-bond donors (Lipinski definition) is 1. The molecular weight excluding hydrogens is 640 g/mol. The monoisotopic (exact) mass is 670 g/mol. The van der Waals surface area contributed by atoms with E-state index in [0.717, 1.165) is 74.5 Å². The Labute approximate surface area is 283 Å². The summed E-state index contributed by atoms with van der Waals surface area (Å²) in [6.07, 6.45) is -2.33. The molecule has 0 unspecified atom stereocenters. The minimum Gasteiger partial charge on any atom is -0.369 e. The predicted molar refractivity (Wildman–Crippen MR) is 189 cm³/mol. The van der Waals surface area contributed by atoms with E-state index in [1.807, 2.05) is 24.0 Å². The molecule has 1 aliphatic carbocycles. The quantitative estimate of drug-likeness (QED) is 0.275. The minimum absolute atomic E-state index is 0.0467. The molecule has 6 rings (SSSR count). The van der Waals surface area contributed by atoms with Gasteiger partial charge in [-0.05, 0) is 117 Å². The average Bonchev–Trinajstić information content (AvgIpc) is 3.29. The fraction of sp³-hybridized carbons (Fsp3) is 0.303. The molecule has 14 heteroatoms. The van der Waals surface area contributed by atoms with Crippen LogP contribution in [0.4, 0.5) is 35.9 Å². The molecule has 1 spiro atoms. The van der Waals surface area contributed by atoms with E-state index in [0.29, 0.717) is 22.2 Å². The van der Waals surface area contributed by atoms with Crippen LogP contribution in [0.1, 0.15) is 41.5 Å². The van der Waals surface area contributed by atoms with E-state index in [4.69, 9.17) is 29.4 Å². The molecule has 3 aromatic rings. The standard InChI is InChI=1S/C33H30BF3N8S2/c1-21-17-27(6-4-22(21)19-38)44-29(41-30(46)40-24-5-3-23(20-39)28(18-24)33(35,36)37)32(11-2-12-32)45(31(44)47)26-9-7-25(8-10-26)42-13-15-43(34)16-14-42/h3-10,17-18H,2,11-16,34H2,1H3,(H,40,46)/b41-29+. The van der Waals surface area contributed by atoms with Gasteiger partial charge >= 0.3 is 6.18 Å². The van der Waals surface area contributed by atoms with Gasteiger partial charge in [-0.25, -0.2) is 4.99 Å². The number of amidine groups is 1. The van der Waals surface area contributed by atoms with Crippen LogP contribution < -0.4 is 20.0 Å². The van der Waals surface area contributed by atoms with Crippen molar-refractivity contribution in [3.05, 3.63) is 82.9 Å². The Balaban J connectivity index is 1.39. The van der Waals surface area contributed by atoms with Crippen molar-refractivity contribution in [2.75, 3.05) is 46.2 Å². The fourth-order valence-electron chi connectivity index (χ4n) is 6.38. The highest BCUT2D eigenvalue weighted by atomic mass is 32.1. The van der Waals surface area contributed by atoms with Gasteiger partial charge in [-0.1, -0.05) is 0 Å². The molecule has 2 heterocycles. The van der Waals surface area contributed by atoms with Gasteiger partial charge in [0.05, 0.1) is 28.8 Å². The minimum atomic E-state index is -4.71. The van der Waals surface area contributed by atoms with Crippen LogP contribution in [-0.2, 0) is 6.18 Å². The van der Waals surface area contributed by atoms with Crippen LogP contribution in [0.25, 0.3) is 0 Å². The summed E-state index contributed by atoms with van der Waals surface area (Å²) in [4.78, 5) is 13.5. The summed E-state index contributed by atoms with van der Waals surface area (Å²) in [5.74, 6) is 0.559. The highest BCUT2D eigenvalue weighted by molar-refractivity contribution is 7.81. The lowest BCUT2D eigenvalue weighted by Crippen LogP contribution is -2.55. The van der Waals surface area contributed by atoms with Crippen molar-refractivity contribution >= 4 is 71.2 Å². The Morgan fingerprint density at radius 2 is 1.53 bits per heavy atom. The molecule has 2 aliphatic heterocycles. The van der Waals surface area contributed by atoms with Gasteiger partial charge in [-0.2, -0.15) is 23.7 Å². The van der Waals surface area contributed by atoms with Gasteiger partial charge in [0.25, 0.3) is 0 Å². The number of halogens is 3. The second kappa shape index (κ2) is 12.6. The van der Waals surface area contributed by atoms with Crippen LogP contribution in [0.5, 0.6) is 0 Å². The third kappa shape index (κ3) is 6.05. The number of piperazine rings is 1. The third-order valence-corrected chi connectivity index (χ3v) is 9.65. The lowest BCUT2D eigenvalue weighted by atomic mass is 9.74. The molecule has 1 N–H and O–H groups in total. The number of aliphatic imine (C=N–C) groups is 1. The summed E-state index contributed by atoms with van der Waals surface area (Å²) >= 11 is 11.8. The second-order valence-corrected chi connectivity index (χ2v) is 12.7. The molecule has 3 aromatic carbocycles. The van der Waals surface area contributed by atoms with Gasteiger partial charge in [-0.3, -0.25) is 4.90 Å². The number of thiocarbonyl (C=S) groups is 2. The van der Waals surface area contributed by atoms with Gasteiger partial charge in [0.15, 0.2) is 18.2 Å². The molecule has 238 valence electrons. The smallest absolute Gasteiger partial charge is 0.369 e. The fourth-order valence-corrected chi connectivity index (χ4v) is 7.05. The number of hydrogen-bond acceptors (Lipinski definition) is 6. The Morgan fingerprint density at radius 1 is 0.915 bits per heavy atom. The van der Waals surface area contributed by atoms with E-state index in [2.05, 4.69) is 58.2 Å². The molecule has 47 heavy (non-hydrogen) atoms. The largest absolute Gasteiger partial charge is 0.417 e. The Morgan fingerprint density at radius 3 is 2.11 bits per heavy atom. The van der Waals surface area contributed by atoms with Crippen molar-refractivity contribution in [2.45, 2.75) is 37.9 Å². The lowest BCUT2D eigenvalue weighted by Gasteiger charge is -2.45. The van der Waals surface area contributed by atoms with Crippen LogP contribution in [0, 0.1) is 29.6 Å². The maximum absolute atomic E-state index is 13.7. The van der Waals surface area contributed by atoms with Crippen molar-refractivity contribution in [1.29, 1.82) is 10.5 Å². The molecule has 0 bridgehead atoms. The normalized spacial score (nSPS) is 18.6. The summed E-state index contributed by atoms with van der Waals surface area (Å²) in [6, 6.07) is 20.9. The van der Waals surface area contributed by atoms with E-state index in [1.54, 1.807) is 12.1 Å². The van der Waals surface area contributed by atoms with Crippen LogP contribution in [0.2, 0.25) is 0 Å². The molecule has 3 fully saturated rings. The van der Waals surface area contributed by atoms with Gasteiger partial charge < -0.3 is 19.9 Å². The van der Waals surface area contributed by atoms with E-state index < -0.39 is 22.8 Å². The van der Waals surface area contributed by atoms with Crippen molar-refractivity contribution in [1.82, 2.24) is 4.81 Å². The second-order valence-electron chi connectivity index (χ2n) is 12.0. The summed E-state index contributed by atoms with van der Waals surface area (Å²) in [7, 11) is 2.12. The average molecular weight is 671 g/mol.